The Bertz CT molecular complexity index is 736. The van der Waals surface area contributed by atoms with E-state index in [9.17, 15) is 23.7 Å². The lowest BCUT2D eigenvalue weighted by molar-refractivity contribution is -0.387. The molecule has 0 saturated heterocycles. The second-order valence-corrected chi connectivity index (χ2v) is 5.03. The first-order chi connectivity index (χ1) is 9.88. The van der Waals surface area contributed by atoms with Gasteiger partial charge in [-0.05, 0) is 30.3 Å². The van der Waals surface area contributed by atoms with E-state index in [0.29, 0.717) is 0 Å². The van der Waals surface area contributed by atoms with E-state index >= 15 is 0 Å². The maximum atomic E-state index is 13.3. The summed E-state index contributed by atoms with van der Waals surface area (Å²) in [7, 11) is 0. The normalized spacial score (nSPS) is 10.4. The van der Waals surface area contributed by atoms with Gasteiger partial charge in [0, 0.05) is 11.0 Å². The molecule has 8 heteroatoms. The number of hydrogen-bond acceptors (Lipinski definition) is 4. The lowest BCUT2D eigenvalue weighted by atomic mass is 10.2. The lowest BCUT2D eigenvalue weighted by Gasteiger charge is -2.05. The fraction of sp³-hybridized carbons (Fsp3) is 0. The molecule has 21 heavy (non-hydrogen) atoms. The molecule has 2 rings (SSSR count). The highest BCUT2D eigenvalue weighted by Crippen LogP contribution is 2.35. The molecule has 0 saturated carbocycles. The highest BCUT2D eigenvalue weighted by Gasteiger charge is 2.17. The number of halogens is 2. The van der Waals surface area contributed by atoms with Crippen LogP contribution in [0.2, 0.25) is 0 Å². The number of carboxylic acids is 1. The van der Waals surface area contributed by atoms with Crippen molar-refractivity contribution in [2.24, 2.45) is 0 Å². The van der Waals surface area contributed by atoms with Crippen LogP contribution < -0.4 is 0 Å². The lowest BCUT2D eigenvalue weighted by Crippen LogP contribution is -2.00. The van der Waals surface area contributed by atoms with Crippen molar-refractivity contribution in [2.75, 3.05) is 0 Å². The fourth-order valence-corrected chi connectivity index (χ4v) is 2.56. The Balaban J connectivity index is 2.43. The van der Waals surface area contributed by atoms with Crippen molar-refractivity contribution in [2.45, 2.75) is 9.79 Å². The molecular formula is C13H7F2NO4S. The van der Waals surface area contributed by atoms with Gasteiger partial charge in [-0.15, -0.1) is 0 Å². The summed E-state index contributed by atoms with van der Waals surface area (Å²) in [5, 5.41) is 19.7. The van der Waals surface area contributed by atoms with Crippen LogP contribution in [-0.4, -0.2) is 16.0 Å². The third-order valence-electron chi connectivity index (χ3n) is 2.51. The van der Waals surface area contributed by atoms with Gasteiger partial charge in [-0.25, -0.2) is 13.6 Å². The van der Waals surface area contributed by atoms with Gasteiger partial charge in [-0.1, -0.05) is 11.8 Å². The van der Waals surface area contributed by atoms with Crippen LogP contribution in [0.1, 0.15) is 10.4 Å². The van der Waals surface area contributed by atoms with Gasteiger partial charge < -0.3 is 5.11 Å². The van der Waals surface area contributed by atoms with Gasteiger partial charge in [0.05, 0.1) is 15.4 Å². The third-order valence-corrected chi connectivity index (χ3v) is 3.55. The van der Waals surface area contributed by atoms with Crippen molar-refractivity contribution in [3.05, 3.63) is 63.7 Å². The van der Waals surface area contributed by atoms with Crippen LogP contribution in [0.15, 0.2) is 46.2 Å². The Morgan fingerprint density at radius 1 is 1.19 bits per heavy atom. The van der Waals surface area contributed by atoms with Gasteiger partial charge >= 0.3 is 5.97 Å². The maximum Gasteiger partial charge on any atom is 0.338 e. The first kappa shape index (κ1) is 14.9. The number of benzene rings is 2. The van der Waals surface area contributed by atoms with E-state index in [0.717, 1.165) is 42.1 Å². The van der Waals surface area contributed by atoms with E-state index in [1.807, 2.05) is 0 Å². The maximum absolute atomic E-state index is 13.3. The molecule has 2 aromatic rings. The number of carbonyl (C=O) groups is 1. The van der Waals surface area contributed by atoms with Crippen molar-refractivity contribution >= 4 is 23.4 Å². The van der Waals surface area contributed by atoms with E-state index in [1.54, 1.807) is 0 Å². The smallest absolute Gasteiger partial charge is 0.338 e. The average Bonchev–Trinajstić information content (AvgIpc) is 2.40. The Kier molecular flexibility index (Phi) is 4.18. The van der Waals surface area contributed by atoms with Crippen LogP contribution in [0.5, 0.6) is 0 Å². The third kappa shape index (κ3) is 3.34. The molecule has 0 bridgehead atoms. The molecule has 0 unspecified atom stereocenters. The first-order valence-corrected chi connectivity index (χ1v) is 6.35. The topological polar surface area (TPSA) is 80.4 Å². The SMILES string of the molecule is O=C(O)c1cc(Sc2cc(F)ccc2[N+](=O)[O-])ccc1F. The fourth-order valence-electron chi connectivity index (χ4n) is 1.58. The number of rotatable bonds is 4. The minimum Gasteiger partial charge on any atom is -0.478 e. The Labute approximate surface area is 121 Å². The van der Waals surface area contributed by atoms with Gasteiger partial charge in [-0.3, -0.25) is 10.1 Å². The summed E-state index contributed by atoms with van der Waals surface area (Å²) in [5.41, 5.74) is -0.873. The Hall–Kier alpha value is -2.48. The first-order valence-electron chi connectivity index (χ1n) is 5.53. The largest absolute Gasteiger partial charge is 0.478 e. The summed E-state index contributed by atoms with van der Waals surface area (Å²) in [6, 6.07) is 6.18. The van der Waals surface area contributed by atoms with Gasteiger partial charge in [0.25, 0.3) is 5.69 Å². The van der Waals surface area contributed by atoms with E-state index in [1.165, 1.54) is 6.07 Å². The van der Waals surface area contributed by atoms with Crippen molar-refractivity contribution < 1.29 is 23.6 Å². The summed E-state index contributed by atoms with van der Waals surface area (Å²) in [6.07, 6.45) is 0. The van der Waals surface area contributed by atoms with Crippen molar-refractivity contribution in [3.8, 4) is 0 Å². The molecule has 0 aliphatic carbocycles. The Morgan fingerprint density at radius 3 is 2.52 bits per heavy atom. The highest BCUT2D eigenvalue weighted by atomic mass is 32.2. The Morgan fingerprint density at radius 2 is 1.90 bits per heavy atom. The summed E-state index contributed by atoms with van der Waals surface area (Å²) in [5.74, 6) is -3.03. The number of nitrogens with zero attached hydrogens (tertiary/aromatic N) is 1. The summed E-state index contributed by atoms with van der Waals surface area (Å²) in [4.78, 5) is 21.3. The van der Waals surface area contributed by atoms with E-state index in [-0.39, 0.29) is 15.5 Å². The number of carboxylic acid groups (broad SMARTS) is 1. The van der Waals surface area contributed by atoms with Crippen molar-refractivity contribution in [3.63, 3.8) is 0 Å². The van der Waals surface area contributed by atoms with Crippen LogP contribution in [0.4, 0.5) is 14.5 Å². The summed E-state index contributed by atoms with van der Waals surface area (Å²) >= 11 is 0.785. The van der Waals surface area contributed by atoms with Crippen LogP contribution in [-0.2, 0) is 0 Å². The molecule has 0 fully saturated rings. The monoisotopic (exact) mass is 311 g/mol. The second-order valence-electron chi connectivity index (χ2n) is 3.92. The number of hydrogen-bond donors (Lipinski definition) is 1. The molecule has 0 heterocycles. The average molecular weight is 311 g/mol. The molecule has 5 nitrogen and oxygen atoms in total. The molecule has 0 atom stereocenters. The predicted octanol–water partition coefficient (Wildman–Crippen LogP) is 3.72. The molecule has 0 radical (unpaired) electrons. The molecule has 2 aromatic carbocycles. The standard InChI is InChI=1S/C13H7F2NO4S/c14-7-1-4-11(16(19)20)12(5-7)21-8-2-3-10(15)9(6-8)13(17)18/h1-6H,(H,17,18). The quantitative estimate of drug-likeness (QED) is 0.687. The van der Waals surface area contributed by atoms with Crippen molar-refractivity contribution in [1.29, 1.82) is 0 Å². The minimum absolute atomic E-state index is 0.00273. The van der Waals surface area contributed by atoms with Crippen LogP contribution in [0, 0.1) is 21.7 Å². The zero-order valence-corrected chi connectivity index (χ0v) is 11.1. The van der Waals surface area contributed by atoms with E-state index < -0.39 is 28.1 Å². The molecule has 1 N–H and O–H groups in total. The molecule has 0 aliphatic heterocycles. The predicted molar refractivity (Wildman–Crippen MR) is 70.5 cm³/mol. The van der Waals surface area contributed by atoms with E-state index in [4.69, 9.17) is 5.11 Å². The van der Waals surface area contributed by atoms with Gasteiger partial charge in [0.2, 0.25) is 0 Å². The molecule has 108 valence electrons. The zero-order chi connectivity index (χ0) is 15.6. The van der Waals surface area contributed by atoms with Crippen LogP contribution in [0.3, 0.4) is 0 Å². The minimum atomic E-state index is -1.45. The van der Waals surface area contributed by atoms with Gasteiger partial charge in [0.1, 0.15) is 11.6 Å². The van der Waals surface area contributed by atoms with E-state index in [2.05, 4.69) is 0 Å². The molecule has 0 spiro atoms. The summed E-state index contributed by atoms with van der Waals surface area (Å²) < 4.78 is 26.5. The molecule has 0 amide bonds. The molecular weight excluding hydrogens is 304 g/mol. The van der Waals surface area contributed by atoms with Gasteiger partial charge in [-0.2, -0.15) is 0 Å². The number of nitro benzene ring substituents is 1. The number of aromatic carboxylic acids is 1. The number of nitro groups is 1. The van der Waals surface area contributed by atoms with Crippen LogP contribution in [0.25, 0.3) is 0 Å². The van der Waals surface area contributed by atoms with Gasteiger partial charge in [0.15, 0.2) is 0 Å². The zero-order valence-electron chi connectivity index (χ0n) is 10.2. The molecule has 0 aliphatic rings. The molecule has 0 aromatic heterocycles. The summed E-state index contributed by atoms with van der Waals surface area (Å²) in [6.45, 7) is 0. The second kappa shape index (κ2) is 5.88. The van der Waals surface area contributed by atoms with Crippen LogP contribution >= 0.6 is 11.8 Å². The van der Waals surface area contributed by atoms with Crippen molar-refractivity contribution in [1.82, 2.24) is 0 Å². The highest BCUT2D eigenvalue weighted by molar-refractivity contribution is 7.99.